The summed E-state index contributed by atoms with van der Waals surface area (Å²) in [5, 5.41) is 23.8. The zero-order chi connectivity index (χ0) is 10.7. The summed E-state index contributed by atoms with van der Waals surface area (Å²) in [6.07, 6.45) is 0.429. The number of hydrogen-bond donors (Lipinski definition) is 1. The lowest BCUT2D eigenvalue weighted by molar-refractivity contribution is -0.384. The molecule has 0 fully saturated rings. The molecule has 1 N–H and O–H groups in total. The van der Waals surface area contributed by atoms with Crippen molar-refractivity contribution in [2.45, 2.75) is 6.42 Å². The van der Waals surface area contributed by atoms with E-state index in [1.54, 1.807) is 12.1 Å². The number of aromatic nitrogens is 4. The highest BCUT2D eigenvalue weighted by Crippen LogP contribution is 2.14. The van der Waals surface area contributed by atoms with Gasteiger partial charge in [-0.05, 0) is 5.56 Å². The zero-order valence-corrected chi connectivity index (χ0v) is 7.62. The van der Waals surface area contributed by atoms with E-state index < -0.39 is 4.92 Å². The molecule has 0 atom stereocenters. The van der Waals surface area contributed by atoms with Crippen LogP contribution in [0.3, 0.4) is 0 Å². The maximum Gasteiger partial charge on any atom is 0.269 e. The minimum atomic E-state index is -0.431. The Morgan fingerprint density at radius 3 is 3.00 bits per heavy atom. The lowest BCUT2D eigenvalue weighted by atomic mass is 10.1. The number of tetrazole rings is 1. The van der Waals surface area contributed by atoms with Crippen LogP contribution in [0.5, 0.6) is 0 Å². The van der Waals surface area contributed by atoms with Crippen LogP contribution in [0, 0.1) is 10.1 Å². The molecule has 0 saturated heterocycles. The number of nitro benzene ring substituents is 1. The van der Waals surface area contributed by atoms with E-state index in [4.69, 9.17) is 0 Å². The first-order valence-corrected chi connectivity index (χ1v) is 4.21. The molecule has 0 saturated carbocycles. The molecule has 0 bridgehead atoms. The van der Waals surface area contributed by atoms with E-state index in [9.17, 15) is 10.1 Å². The summed E-state index contributed by atoms with van der Waals surface area (Å²) in [6, 6.07) is 6.35. The van der Waals surface area contributed by atoms with E-state index in [1.807, 2.05) is 0 Å². The van der Waals surface area contributed by atoms with Gasteiger partial charge in [0.25, 0.3) is 5.69 Å². The van der Waals surface area contributed by atoms with Gasteiger partial charge in [0.05, 0.1) is 4.92 Å². The topological polar surface area (TPSA) is 97.6 Å². The molecule has 15 heavy (non-hydrogen) atoms. The van der Waals surface area contributed by atoms with Gasteiger partial charge >= 0.3 is 0 Å². The number of nitrogens with one attached hydrogen (secondary N) is 1. The third kappa shape index (κ3) is 2.13. The fourth-order valence-electron chi connectivity index (χ4n) is 1.22. The molecule has 1 heterocycles. The van der Waals surface area contributed by atoms with E-state index in [0.717, 1.165) is 5.56 Å². The molecule has 7 heteroatoms. The number of nitrogens with zero attached hydrogens (tertiary/aromatic N) is 4. The van der Waals surface area contributed by atoms with Crippen LogP contribution in [0.2, 0.25) is 0 Å². The summed E-state index contributed by atoms with van der Waals surface area (Å²) < 4.78 is 0. The molecule has 76 valence electrons. The summed E-state index contributed by atoms with van der Waals surface area (Å²) in [4.78, 5) is 10.1. The van der Waals surface area contributed by atoms with Gasteiger partial charge in [-0.25, -0.2) is 0 Å². The average molecular weight is 205 g/mol. The van der Waals surface area contributed by atoms with Gasteiger partial charge in [0.15, 0.2) is 5.82 Å². The minimum Gasteiger partial charge on any atom is -0.258 e. The van der Waals surface area contributed by atoms with Gasteiger partial charge in [0.2, 0.25) is 0 Å². The Bertz CT molecular complexity index is 468. The van der Waals surface area contributed by atoms with E-state index in [2.05, 4.69) is 20.6 Å². The van der Waals surface area contributed by atoms with Gasteiger partial charge in [-0.3, -0.25) is 10.1 Å². The van der Waals surface area contributed by atoms with Crippen LogP contribution < -0.4 is 0 Å². The Morgan fingerprint density at radius 2 is 2.33 bits per heavy atom. The van der Waals surface area contributed by atoms with E-state index in [1.165, 1.54) is 12.1 Å². The molecule has 0 unspecified atom stereocenters. The molecular weight excluding hydrogens is 198 g/mol. The lowest BCUT2D eigenvalue weighted by Crippen LogP contribution is -1.93. The molecule has 0 aliphatic heterocycles. The summed E-state index contributed by atoms with van der Waals surface area (Å²) in [5.74, 6) is 0.510. The van der Waals surface area contributed by atoms with Gasteiger partial charge < -0.3 is 0 Å². The smallest absolute Gasteiger partial charge is 0.258 e. The van der Waals surface area contributed by atoms with Crippen molar-refractivity contribution < 1.29 is 4.92 Å². The maximum atomic E-state index is 10.5. The fraction of sp³-hybridized carbons (Fsp3) is 0.125. The number of aromatic amines is 1. The first kappa shape index (κ1) is 9.25. The quantitative estimate of drug-likeness (QED) is 0.587. The van der Waals surface area contributed by atoms with Crippen LogP contribution in [-0.2, 0) is 6.42 Å². The highest BCUT2D eigenvalue weighted by atomic mass is 16.6. The van der Waals surface area contributed by atoms with Gasteiger partial charge in [-0.2, -0.15) is 5.21 Å². The van der Waals surface area contributed by atoms with Crippen molar-refractivity contribution in [1.29, 1.82) is 0 Å². The number of nitro groups is 1. The predicted molar refractivity (Wildman–Crippen MR) is 50.1 cm³/mol. The van der Waals surface area contributed by atoms with Crippen LogP contribution in [0.25, 0.3) is 0 Å². The maximum absolute atomic E-state index is 10.5. The van der Waals surface area contributed by atoms with Crippen molar-refractivity contribution in [3.63, 3.8) is 0 Å². The predicted octanol–water partition coefficient (Wildman–Crippen LogP) is 0.699. The standard InChI is InChI=1S/C8H7N5O2/c14-13(15)7-3-1-2-6(4-7)5-8-9-11-12-10-8/h1-4H,5H2,(H,9,10,11,12). The van der Waals surface area contributed by atoms with Gasteiger partial charge in [0, 0.05) is 18.6 Å². The molecule has 1 aromatic carbocycles. The second-order valence-corrected chi connectivity index (χ2v) is 2.93. The molecule has 0 aliphatic carbocycles. The number of hydrogen-bond acceptors (Lipinski definition) is 5. The first-order valence-electron chi connectivity index (χ1n) is 4.21. The van der Waals surface area contributed by atoms with Crippen molar-refractivity contribution >= 4 is 5.69 Å². The monoisotopic (exact) mass is 205 g/mol. The molecule has 0 spiro atoms. The minimum absolute atomic E-state index is 0.0657. The second-order valence-electron chi connectivity index (χ2n) is 2.93. The molecule has 1 aromatic heterocycles. The van der Waals surface area contributed by atoms with Crippen molar-refractivity contribution in [2.75, 3.05) is 0 Å². The van der Waals surface area contributed by atoms with Crippen molar-refractivity contribution in [3.8, 4) is 0 Å². The summed E-state index contributed by atoms with van der Waals surface area (Å²) in [5.41, 5.74) is 0.849. The Hall–Kier alpha value is -2.31. The number of rotatable bonds is 3. The normalized spacial score (nSPS) is 10.1. The molecule has 0 radical (unpaired) electrons. The number of benzene rings is 1. The van der Waals surface area contributed by atoms with Crippen molar-refractivity contribution in [1.82, 2.24) is 20.6 Å². The van der Waals surface area contributed by atoms with E-state index in [-0.39, 0.29) is 5.69 Å². The second kappa shape index (κ2) is 3.82. The van der Waals surface area contributed by atoms with Crippen LogP contribution in [-0.4, -0.2) is 25.5 Å². The van der Waals surface area contributed by atoms with E-state index >= 15 is 0 Å². The van der Waals surface area contributed by atoms with Crippen molar-refractivity contribution in [2.24, 2.45) is 0 Å². The zero-order valence-electron chi connectivity index (χ0n) is 7.62. The molecule has 2 rings (SSSR count). The highest BCUT2D eigenvalue weighted by molar-refractivity contribution is 5.35. The van der Waals surface area contributed by atoms with Crippen LogP contribution >= 0.6 is 0 Å². The third-order valence-electron chi connectivity index (χ3n) is 1.87. The van der Waals surface area contributed by atoms with Gasteiger partial charge in [0.1, 0.15) is 0 Å². The molecule has 7 nitrogen and oxygen atoms in total. The Labute approximate surface area is 84.3 Å². The van der Waals surface area contributed by atoms with Gasteiger partial charge in [-0.1, -0.05) is 17.3 Å². The van der Waals surface area contributed by atoms with Gasteiger partial charge in [-0.15, -0.1) is 10.2 Å². The first-order chi connectivity index (χ1) is 7.25. The van der Waals surface area contributed by atoms with Crippen LogP contribution in [0.4, 0.5) is 5.69 Å². The van der Waals surface area contributed by atoms with E-state index in [0.29, 0.717) is 12.2 Å². The third-order valence-corrected chi connectivity index (χ3v) is 1.87. The van der Waals surface area contributed by atoms with Crippen LogP contribution in [0.15, 0.2) is 24.3 Å². The Balaban J connectivity index is 2.22. The molecule has 0 amide bonds. The van der Waals surface area contributed by atoms with Crippen LogP contribution in [0.1, 0.15) is 11.4 Å². The highest BCUT2D eigenvalue weighted by Gasteiger charge is 2.07. The molecule has 2 aromatic rings. The SMILES string of the molecule is O=[N+]([O-])c1cccc(Cc2nn[nH]n2)c1. The number of H-pyrrole nitrogens is 1. The Kier molecular flexibility index (Phi) is 2.36. The lowest BCUT2D eigenvalue weighted by Gasteiger charge is -1.96. The summed E-state index contributed by atoms with van der Waals surface area (Å²) >= 11 is 0. The average Bonchev–Trinajstić information content (AvgIpc) is 2.71. The van der Waals surface area contributed by atoms with Crippen molar-refractivity contribution in [3.05, 3.63) is 45.8 Å². The fourth-order valence-corrected chi connectivity index (χ4v) is 1.22. The Morgan fingerprint density at radius 1 is 1.47 bits per heavy atom. The summed E-state index contributed by atoms with van der Waals surface area (Å²) in [6.45, 7) is 0. The molecule has 0 aliphatic rings. The largest absolute Gasteiger partial charge is 0.269 e. The number of non-ortho nitro benzene ring substituents is 1. The molecular formula is C8H7N5O2. The summed E-state index contributed by atoms with van der Waals surface area (Å²) in [7, 11) is 0.